The van der Waals surface area contributed by atoms with E-state index in [9.17, 15) is 0 Å². The molecule has 2 radical (unpaired) electrons. The van der Waals surface area contributed by atoms with Gasteiger partial charge >= 0.3 is 0 Å². The highest BCUT2D eigenvalue weighted by atomic mass is 31.0. The van der Waals surface area contributed by atoms with Gasteiger partial charge in [0.15, 0.2) is 0 Å². The van der Waals surface area contributed by atoms with E-state index in [1.807, 2.05) is 0 Å². The lowest BCUT2D eigenvalue weighted by Crippen LogP contribution is -2.04. The van der Waals surface area contributed by atoms with Crippen LogP contribution in [0, 0.1) is 5.92 Å². The van der Waals surface area contributed by atoms with Crippen LogP contribution in [0.2, 0.25) is 0 Å². The molecule has 0 rings (SSSR count). The SMILES string of the molecule is CCCCC(CC)CO[P]. The molecule has 0 saturated heterocycles. The van der Waals surface area contributed by atoms with Gasteiger partial charge in [0.1, 0.15) is 9.47 Å². The first kappa shape index (κ1) is 10.4. The molecule has 1 unspecified atom stereocenters. The second-order valence-electron chi connectivity index (χ2n) is 2.71. The molecule has 1 nitrogen and oxygen atoms in total. The van der Waals surface area contributed by atoms with Gasteiger partial charge in [0.25, 0.3) is 0 Å². The second kappa shape index (κ2) is 7.50. The van der Waals surface area contributed by atoms with Crippen molar-refractivity contribution in [3.05, 3.63) is 0 Å². The van der Waals surface area contributed by atoms with Gasteiger partial charge in [-0.25, -0.2) is 0 Å². The Bertz CT molecular complexity index is 66.3. The predicted molar refractivity (Wildman–Crippen MR) is 46.2 cm³/mol. The fourth-order valence-corrected chi connectivity index (χ4v) is 1.21. The van der Waals surface area contributed by atoms with Crippen LogP contribution in [-0.2, 0) is 4.52 Å². The van der Waals surface area contributed by atoms with Crippen LogP contribution < -0.4 is 0 Å². The second-order valence-corrected chi connectivity index (χ2v) is 2.97. The Hall–Kier alpha value is 0.390. The number of unbranched alkanes of at least 4 members (excludes halogenated alkanes) is 1. The molecular formula is C8H17OP. The lowest BCUT2D eigenvalue weighted by atomic mass is 10.0. The summed E-state index contributed by atoms with van der Waals surface area (Å²) >= 11 is 0. The topological polar surface area (TPSA) is 9.23 Å². The molecule has 0 fully saturated rings. The maximum absolute atomic E-state index is 4.79. The normalized spacial score (nSPS) is 13.5. The number of hydrogen-bond acceptors (Lipinski definition) is 1. The molecule has 0 saturated carbocycles. The lowest BCUT2D eigenvalue weighted by Gasteiger charge is -2.11. The van der Waals surface area contributed by atoms with E-state index in [1.54, 1.807) is 0 Å². The van der Waals surface area contributed by atoms with Crippen molar-refractivity contribution in [1.82, 2.24) is 0 Å². The average molecular weight is 160 g/mol. The minimum Gasteiger partial charge on any atom is -0.345 e. The zero-order valence-electron chi connectivity index (χ0n) is 6.97. The Balaban J connectivity index is 3.21. The summed E-state index contributed by atoms with van der Waals surface area (Å²) in [7, 11) is 3.74. The molecule has 0 spiro atoms. The first-order chi connectivity index (χ1) is 4.85. The largest absolute Gasteiger partial charge is 0.345 e. The molecule has 60 valence electrons. The van der Waals surface area contributed by atoms with Crippen molar-refractivity contribution in [1.29, 1.82) is 0 Å². The van der Waals surface area contributed by atoms with Crippen molar-refractivity contribution >= 4 is 9.47 Å². The van der Waals surface area contributed by atoms with Crippen LogP contribution in [-0.4, -0.2) is 6.61 Å². The minimum atomic E-state index is 0.720. The molecule has 0 heterocycles. The molecular weight excluding hydrogens is 143 g/mol. The van der Waals surface area contributed by atoms with Crippen LogP contribution in [0.3, 0.4) is 0 Å². The third-order valence-electron chi connectivity index (χ3n) is 1.85. The molecule has 0 aromatic carbocycles. The fourth-order valence-electron chi connectivity index (χ4n) is 1.00. The van der Waals surface area contributed by atoms with Crippen molar-refractivity contribution in [3.63, 3.8) is 0 Å². The van der Waals surface area contributed by atoms with Gasteiger partial charge in [-0.2, -0.15) is 0 Å². The van der Waals surface area contributed by atoms with E-state index < -0.39 is 0 Å². The molecule has 2 heteroatoms. The van der Waals surface area contributed by atoms with E-state index in [4.69, 9.17) is 4.52 Å². The lowest BCUT2D eigenvalue weighted by molar-refractivity contribution is 0.265. The van der Waals surface area contributed by atoms with Crippen LogP contribution in [0.1, 0.15) is 39.5 Å². The highest BCUT2D eigenvalue weighted by Gasteiger charge is 2.03. The number of hydrogen-bond donors (Lipinski definition) is 0. The van der Waals surface area contributed by atoms with Gasteiger partial charge in [0.2, 0.25) is 0 Å². The monoisotopic (exact) mass is 160 g/mol. The molecule has 0 aliphatic heterocycles. The number of rotatable bonds is 6. The Morgan fingerprint density at radius 2 is 2.10 bits per heavy atom. The average Bonchev–Trinajstić information content (AvgIpc) is 1.98. The van der Waals surface area contributed by atoms with E-state index in [1.165, 1.54) is 25.7 Å². The molecule has 0 aliphatic carbocycles. The van der Waals surface area contributed by atoms with Gasteiger partial charge in [0, 0.05) is 0 Å². The first-order valence-electron chi connectivity index (χ1n) is 4.11. The maximum atomic E-state index is 4.79. The van der Waals surface area contributed by atoms with Crippen LogP contribution >= 0.6 is 9.47 Å². The summed E-state index contributed by atoms with van der Waals surface area (Å²) < 4.78 is 4.79. The van der Waals surface area contributed by atoms with Gasteiger partial charge in [0.05, 0.1) is 6.61 Å². The summed E-state index contributed by atoms with van der Waals surface area (Å²) in [6.07, 6.45) is 5.09. The minimum absolute atomic E-state index is 0.720. The van der Waals surface area contributed by atoms with Crippen molar-refractivity contribution in [2.75, 3.05) is 6.61 Å². The van der Waals surface area contributed by atoms with Crippen molar-refractivity contribution in [2.24, 2.45) is 5.92 Å². The van der Waals surface area contributed by atoms with E-state index >= 15 is 0 Å². The van der Waals surface area contributed by atoms with E-state index in [0.717, 1.165) is 12.5 Å². The van der Waals surface area contributed by atoms with Crippen LogP contribution in [0.4, 0.5) is 0 Å². The van der Waals surface area contributed by atoms with Crippen LogP contribution in [0.5, 0.6) is 0 Å². The molecule has 10 heavy (non-hydrogen) atoms. The summed E-state index contributed by atoms with van der Waals surface area (Å²) in [4.78, 5) is 0. The standard InChI is InChI=1S/C8H17OP/c1-3-5-6-8(4-2)7-9-10/h8H,3-7H2,1-2H3. The Morgan fingerprint density at radius 1 is 1.40 bits per heavy atom. The van der Waals surface area contributed by atoms with Gasteiger partial charge < -0.3 is 4.52 Å². The molecule has 0 bridgehead atoms. The Kier molecular flexibility index (Phi) is 7.79. The summed E-state index contributed by atoms with van der Waals surface area (Å²) in [5.41, 5.74) is 0. The summed E-state index contributed by atoms with van der Waals surface area (Å²) in [6, 6.07) is 0. The molecule has 0 aromatic rings. The zero-order valence-corrected chi connectivity index (χ0v) is 7.86. The Morgan fingerprint density at radius 3 is 2.50 bits per heavy atom. The van der Waals surface area contributed by atoms with Gasteiger partial charge in [-0.15, -0.1) is 0 Å². The van der Waals surface area contributed by atoms with Crippen LogP contribution in [0.25, 0.3) is 0 Å². The van der Waals surface area contributed by atoms with E-state index in [0.29, 0.717) is 0 Å². The fraction of sp³-hybridized carbons (Fsp3) is 1.00. The van der Waals surface area contributed by atoms with E-state index in [-0.39, 0.29) is 0 Å². The Labute approximate surface area is 66.8 Å². The molecule has 0 aromatic heterocycles. The molecule has 0 aliphatic rings. The third kappa shape index (κ3) is 5.20. The van der Waals surface area contributed by atoms with Crippen LogP contribution in [0.15, 0.2) is 0 Å². The van der Waals surface area contributed by atoms with Crippen molar-refractivity contribution < 1.29 is 4.52 Å². The molecule has 0 amide bonds. The molecule has 1 atom stereocenters. The van der Waals surface area contributed by atoms with Crippen molar-refractivity contribution in [3.8, 4) is 0 Å². The quantitative estimate of drug-likeness (QED) is 0.540. The predicted octanol–water partition coefficient (Wildman–Crippen LogP) is 3.54. The smallest absolute Gasteiger partial charge is 0.148 e. The first-order valence-corrected chi connectivity index (χ1v) is 4.48. The van der Waals surface area contributed by atoms with Gasteiger partial charge in [-0.05, 0) is 12.3 Å². The summed E-state index contributed by atoms with van der Waals surface area (Å²) in [5.74, 6) is 0.720. The maximum Gasteiger partial charge on any atom is 0.148 e. The highest BCUT2D eigenvalue weighted by Crippen LogP contribution is 2.13. The zero-order chi connectivity index (χ0) is 7.82. The van der Waals surface area contributed by atoms with Gasteiger partial charge in [-0.3, -0.25) is 0 Å². The highest BCUT2D eigenvalue weighted by molar-refractivity contribution is 7.09. The van der Waals surface area contributed by atoms with Gasteiger partial charge in [-0.1, -0.05) is 33.1 Å². The van der Waals surface area contributed by atoms with Crippen molar-refractivity contribution in [2.45, 2.75) is 39.5 Å². The van der Waals surface area contributed by atoms with E-state index in [2.05, 4.69) is 23.3 Å². The third-order valence-corrected chi connectivity index (χ3v) is 2.00. The summed E-state index contributed by atoms with van der Waals surface area (Å²) in [6.45, 7) is 5.22. The molecule has 0 N–H and O–H groups in total. The summed E-state index contributed by atoms with van der Waals surface area (Å²) in [5, 5.41) is 0.